The predicted molar refractivity (Wildman–Crippen MR) is 133 cm³/mol. The van der Waals surface area contributed by atoms with Gasteiger partial charge in [0, 0.05) is 74.0 Å². The third kappa shape index (κ3) is 4.66. The molecule has 6 rings (SSSR count). The molecule has 4 aromatic rings. The third-order valence-corrected chi connectivity index (χ3v) is 6.72. The van der Waals surface area contributed by atoms with Crippen molar-refractivity contribution in [1.29, 1.82) is 0 Å². The second-order valence-corrected chi connectivity index (χ2v) is 9.51. The molecular formula is C25H26F2N8O2. The minimum Gasteiger partial charge on any atom is -0.421 e. The molecule has 12 heteroatoms. The van der Waals surface area contributed by atoms with E-state index >= 15 is 4.39 Å². The number of hydrogen-bond acceptors (Lipinski definition) is 7. The molecule has 3 N–H and O–H groups in total. The predicted octanol–water partition coefficient (Wildman–Crippen LogP) is 4.35. The lowest BCUT2D eigenvalue weighted by atomic mass is 10.2. The molecular weight excluding hydrogens is 482 g/mol. The van der Waals surface area contributed by atoms with Gasteiger partial charge in [-0.1, -0.05) is 0 Å². The molecule has 4 heterocycles. The maximum absolute atomic E-state index is 15.2. The van der Waals surface area contributed by atoms with Gasteiger partial charge in [0.2, 0.25) is 5.91 Å². The molecule has 1 amide bonds. The summed E-state index contributed by atoms with van der Waals surface area (Å²) in [6.07, 6.45) is 2.27. The van der Waals surface area contributed by atoms with Crippen LogP contribution in [0, 0.1) is 18.6 Å². The fourth-order valence-corrected chi connectivity index (χ4v) is 4.58. The Morgan fingerprint density at radius 3 is 2.59 bits per heavy atom. The Kier molecular flexibility index (Phi) is 5.65. The Bertz CT molecular complexity index is 1490. The van der Waals surface area contributed by atoms with E-state index in [1.54, 1.807) is 24.8 Å². The van der Waals surface area contributed by atoms with Crippen molar-refractivity contribution < 1.29 is 18.3 Å². The third-order valence-electron chi connectivity index (χ3n) is 6.72. The Hall–Kier alpha value is -4.22. The van der Waals surface area contributed by atoms with Crippen LogP contribution >= 0.6 is 0 Å². The van der Waals surface area contributed by atoms with E-state index in [0.717, 1.165) is 24.6 Å². The molecule has 2 fully saturated rings. The number of aromatic amines is 2. The molecule has 0 unspecified atom stereocenters. The SMILES string of the molecule is CC(=O)N1CCN(c2cc(Nc3cc(C4CC4)[nH]n3)nc(Oc3cc(F)c4[nH]c(C)cc4c3F)n2)CC1. The number of ether oxygens (including phenoxy) is 1. The van der Waals surface area contributed by atoms with Crippen LogP contribution in [0.1, 0.15) is 37.1 Å². The molecule has 10 nitrogen and oxygen atoms in total. The number of carbonyl (C=O) groups is 1. The van der Waals surface area contributed by atoms with Gasteiger partial charge in [0.25, 0.3) is 0 Å². The number of hydrogen-bond donors (Lipinski definition) is 3. The molecule has 192 valence electrons. The number of nitrogens with zero attached hydrogens (tertiary/aromatic N) is 5. The number of aromatic nitrogens is 5. The number of amides is 1. The van der Waals surface area contributed by atoms with Gasteiger partial charge in [-0.25, -0.2) is 8.78 Å². The van der Waals surface area contributed by atoms with Crippen LogP contribution in [-0.4, -0.2) is 62.1 Å². The molecule has 1 aromatic carbocycles. The number of halogens is 2. The van der Waals surface area contributed by atoms with Gasteiger partial charge in [-0.05, 0) is 25.8 Å². The minimum absolute atomic E-state index is 0.0200. The lowest BCUT2D eigenvalue weighted by Crippen LogP contribution is -2.48. The number of anilines is 3. The van der Waals surface area contributed by atoms with Crippen molar-refractivity contribution in [2.45, 2.75) is 32.6 Å². The largest absolute Gasteiger partial charge is 0.421 e. The summed E-state index contributed by atoms with van der Waals surface area (Å²) < 4.78 is 35.6. The van der Waals surface area contributed by atoms with E-state index in [-0.39, 0.29) is 28.6 Å². The average molecular weight is 509 g/mol. The van der Waals surface area contributed by atoms with Crippen molar-refractivity contribution in [1.82, 2.24) is 30.0 Å². The van der Waals surface area contributed by atoms with Gasteiger partial charge in [-0.3, -0.25) is 9.89 Å². The number of benzene rings is 1. The van der Waals surface area contributed by atoms with Crippen LogP contribution in [0.25, 0.3) is 10.9 Å². The number of fused-ring (bicyclic) bond motifs is 1. The summed E-state index contributed by atoms with van der Waals surface area (Å²) in [6, 6.07) is 6.05. The first-order valence-corrected chi connectivity index (χ1v) is 12.2. The van der Waals surface area contributed by atoms with Crippen molar-refractivity contribution in [2.24, 2.45) is 0 Å². The fraction of sp³-hybridized carbons (Fsp3) is 0.360. The van der Waals surface area contributed by atoms with E-state index in [1.165, 1.54) is 6.07 Å². The number of H-pyrrole nitrogens is 2. The maximum atomic E-state index is 15.2. The van der Waals surface area contributed by atoms with E-state index in [2.05, 4.69) is 30.5 Å². The van der Waals surface area contributed by atoms with Gasteiger partial charge in [0.15, 0.2) is 23.2 Å². The fourth-order valence-electron chi connectivity index (χ4n) is 4.58. The number of aryl methyl sites for hydroxylation is 1. The van der Waals surface area contributed by atoms with Crippen LogP contribution < -0.4 is 15.0 Å². The summed E-state index contributed by atoms with van der Waals surface area (Å²) in [5, 5.41) is 10.6. The van der Waals surface area contributed by atoms with Crippen LogP contribution in [0.15, 0.2) is 24.3 Å². The van der Waals surface area contributed by atoms with E-state index in [9.17, 15) is 9.18 Å². The molecule has 1 saturated carbocycles. The zero-order chi connectivity index (χ0) is 25.7. The second kappa shape index (κ2) is 9.02. The Labute approximate surface area is 211 Å². The minimum atomic E-state index is -0.708. The highest BCUT2D eigenvalue weighted by atomic mass is 19.1. The molecule has 0 bridgehead atoms. The van der Waals surface area contributed by atoms with Crippen LogP contribution in [0.2, 0.25) is 0 Å². The summed E-state index contributed by atoms with van der Waals surface area (Å²) in [5.74, 6) is 0.371. The average Bonchev–Trinajstić information content (AvgIpc) is 3.49. The molecule has 3 aromatic heterocycles. The smallest absolute Gasteiger partial charge is 0.326 e. The highest BCUT2D eigenvalue weighted by Gasteiger charge is 2.26. The highest BCUT2D eigenvalue weighted by Crippen LogP contribution is 2.40. The maximum Gasteiger partial charge on any atom is 0.326 e. The lowest BCUT2D eigenvalue weighted by Gasteiger charge is -2.35. The number of nitrogens with one attached hydrogen (secondary N) is 3. The van der Waals surface area contributed by atoms with Crippen LogP contribution in [0.3, 0.4) is 0 Å². The van der Waals surface area contributed by atoms with Crippen molar-refractivity contribution in [3.05, 3.63) is 47.3 Å². The summed E-state index contributed by atoms with van der Waals surface area (Å²) >= 11 is 0. The van der Waals surface area contributed by atoms with Crippen molar-refractivity contribution in [3.63, 3.8) is 0 Å². The van der Waals surface area contributed by atoms with Gasteiger partial charge in [0.05, 0.1) is 5.52 Å². The van der Waals surface area contributed by atoms with E-state index in [0.29, 0.717) is 55.2 Å². The quantitative estimate of drug-likeness (QED) is 0.355. The van der Waals surface area contributed by atoms with E-state index in [4.69, 9.17) is 4.74 Å². The van der Waals surface area contributed by atoms with E-state index < -0.39 is 11.6 Å². The number of piperazine rings is 1. The number of rotatable bonds is 6. The standard InChI is InChI=1S/C25H26F2N8O2/c1-13-9-16-23(27)19(10-17(26)24(16)28-13)37-25-30-20(29-21-11-18(32-33-21)15-3-4-15)12-22(31-25)35-7-5-34(6-8-35)14(2)36/h9-12,15,28H,3-8H2,1-2H3,(H2,29,30,31,32,33). The summed E-state index contributed by atoms with van der Waals surface area (Å²) in [7, 11) is 0. The van der Waals surface area contributed by atoms with Crippen LogP contribution in [-0.2, 0) is 4.79 Å². The first-order chi connectivity index (χ1) is 17.8. The molecule has 0 radical (unpaired) electrons. The zero-order valence-corrected chi connectivity index (χ0v) is 20.4. The van der Waals surface area contributed by atoms with Gasteiger partial charge in [0.1, 0.15) is 11.6 Å². The molecule has 0 atom stereocenters. The Morgan fingerprint density at radius 2 is 1.86 bits per heavy atom. The number of carbonyl (C=O) groups excluding carboxylic acids is 1. The monoisotopic (exact) mass is 508 g/mol. The van der Waals surface area contributed by atoms with Gasteiger partial charge < -0.3 is 24.8 Å². The first kappa shape index (κ1) is 23.2. The molecule has 37 heavy (non-hydrogen) atoms. The topological polar surface area (TPSA) is 115 Å². The lowest BCUT2D eigenvalue weighted by molar-refractivity contribution is -0.129. The summed E-state index contributed by atoms with van der Waals surface area (Å²) in [4.78, 5) is 27.2. The van der Waals surface area contributed by atoms with Gasteiger partial charge in [-0.2, -0.15) is 15.1 Å². The summed E-state index contributed by atoms with van der Waals surface area (Å²) in [6.45, 7) is 5.48. The molecule has 1 aliphatic carbocycles. The Balaban J connectivity index is 1.33. The van der Waals surface area contributed by atoms with Crippen molar-refractivity contribution in [3.8, 4) is 11.8 Å². The molecule has 1 saturated heterocycles. The summed E-state index contributed by atoms with van der Waals surface area (Å²) in [5.41, 5.74) is 1.76. The second-order valence-electron chi connectivity index (χ2n) is 9.51. The highest BCUT2D eigenvalue weighted by molar-refractivity contribution is 5.83. The Morgan fingerprint density at radius 1 is 1.08 bits per heavy atom. The van der Waals surface area contributed by atoms with Crippen LogP contribution in [0.5, 0.6) is 11.8 Å². The normalized spacial score (nSPS) is 15.9. The van der Waals surface area contributed by atoms with Gasteiger partial charge >= 0.3 is 6.01 Å². The first-order valence-electron chi connectivity index (χ1n) is 12.2. The molecule has 0 spiro atoms. The van der Waals surface area contributed by atoms with Crippen molar-refractivity contribution in [2.75, 3.05) is 36.4 Å². The molecule has 2 aliphatic rings. The van der Waals surface area contributed by atoms with Crippen LogP contribution in [0.4, 0.5) is 26.2 Å². The van der Waals surface area contributed by atoms with Gasteiger partial charge in [-0.15, -0.1) is 0 Å². The van der Waals surface area contributed by atoms with Crippen molar-refractivity contribution >= 4 is 34.3 Å². The van der Waals surface area contributed by atoms with E-state index in [1.807, 2.05) is 11.0 Å². The molecule has 1 aliphatic heterocycles. The zero-order valence-electron chi connectivity index (χ0n) is 20.4.